The molecule has 1 N–H and O–H groups in total. The molecule has 2 amide bonds. The van der Waals surface area contributed by atoms with Crippen LogP contribution in [0.2, 0.25) is 0 Å². The molecule has 0 spiro atoms. The molecule has 1 atom stereocenters. The molecule has 1 fully saturated rings. The number of halogens is 1. The standard InChI is InChI=1S/C26H32BrN3O4S/c1-4-18-9-6-8-17(3)24(18)28-26(32)20-10-7-12-29(16-20)35(33,34)22-15-21(27)14-19-11-13-30(25(19)22)23(31)5-2/h6,8-9,14-15,20H,4-5,7,10-13,16H2,1-3H3,(H,28,32)/t20-/m0/s1. The largest absolute Gasteiger partial charge is 0.325 e. The third kappa shape index (κ3) is 5.04. The molecule has 0 radical (unpaired) electrons. The Morgan fingerprint density at radius 3 is 2.66 bits per heavy atom. The number of carbonyl (C=O) groups is 2. The number of piperidine rings is 1. The molecule has 4 rings (SSSR count). The van der Waals surface area contributed by atoms with E-state index in [-0.39, 0.29) is 23.3 Å². The lowest BCUT2D eigenvalue weighted by Crippen LogP contribution is -2.44. The molecule has 0 unspecified atom stereocenters. The normalized spacial score (nSPS) is 18.4. The van der Waals surface area contributed by atoms with Crippen molar-refractivity contribution < 1.29 is 18.0 Å². The van der Waals surface area contributed by atoms with E-state index >= 15 is 0 Å². The molecule has 35 heavy (non-hydrogen) atoms. The summed E-state index contributed by atoms with van der Waals surface area (Å²) < 4.78 is 29.8. The second-order valence-corrected chi connectivity index (χ2v) is 12.0. The van der Waals surface area contributed by atoms with Crippen molar-refractivity contribution in [2.75, 3.05) is 29.9 Å². The topological polar surface area (TPSA) is 86.8 Å². The van der Waals surface area contributed by atoms with Gasteiger partial charge in [0.05, 0.1) is 11.6 Å². The van der Waals surface area contributed by atoms with Crippen LogP contribution in [0.25, 0.3) is 0 Å². The van der Waals surface area contributed by atoms with E-state index in [4.69, 9.17) is 0 Å². The number of fused-ring (bicyclic) bond motifs is 1. The molecule has 0 bridgehead atoms. The first kappa shape index (κ1) is 25.9. The van der Waals surface area contributed by atoms with Crippen molar-refractivity contribution in [2.24, 2.45) is 5.92 Å². The molecule has 2 heterocycles. The lowest BCUT2D eigenvalue weighted by atomic mass is 9.98. The monoisotopic (exact) mass is 561 g/mol. The predicted octanol–water partition coefficient (Wildman–Crippen LogP) is 4.66. The summed E-state index contributed by atoms with van der Waals surface area (Å²) in [5, 5.41) is 3.07. The predicted molar refractivity (Wildman–Crippen MR) is 141 cm³/mol. The Labute approximate surface area is 216 Å². The molecule has 0 aliphatic carbocycles. The van der Waals surface area contributed by atoms with Gasteiger partial charge in [-0.05, 0) is 61.4 Å². The van der Waals surface area contributed by atoms with Crippen molar-refractivity contribution in [1.29, 1.82) is 0 Å². The van der Waals surface area contributed by atoms with E-state index in [2.05, 4.69) is 21.2 Å². The number of benzene rings is 2. The van der Waals surface area contributed by atoms with Gasteiger partial charge in [0.2, 0.25) is 21.8 Å². The van der Waals surface area contributed by atoms with Gasteiger partial charge >= 0.3 is 0 Å². The highest BCUT2D eigenvalue weighted by atomic mass is 79.9. The van der Waals surface area contributed by atoms with Crippen LogP contribution in [-0.2, 0) is 32.5 Å². The summed E-state index contributed by atoms with van der Waals surface area (Å²) in [5.74, 6) is -0.698. The van der Waals surface area contributed by atoms with Gasteiger partial charge in [-0.25, -0.2) is 8.42 Å². The summed E-state index contributed by atoms with van der Waals surface area (Å²) in [6, 6.07) is 9.40. The molecular formula is C26H32BrN3O4S. The van der Waals surface area contributed by atoms with E-state index in [1.807, 2.05) is 38.1 Å². The summed E-state index contributed by atoms with van der Waals surface area (Å²) >= 11 is 3.45. The number of rotatable bonds is 6. The zero-order valence-corrected chi connectivity index (χ0v) is 22.8. The summed E-state index contributed by atoms with van der Waals surface area (Å²) in [5.41, 5.74) is 4.20. The average molecular weight is 563 g/mol. The first-order valence-electron chi connectivity index (χ1n) is 12.2. The van der Waals surface area contributed by atoms with Crippen LogP contribution in [0.5, 0.6) is 0 Å². The van der Waals surface area contributed by atoms with E-state index in [0.717, 1.165) is 28.8 Å². The fourth-order valence-corrected chi connectivity index (χ4v) is 7.49. The van der Waals surface area contributed by atoms with E-state index in [1.165, 1.54) is 4.31 Å². The number of nitrogens with one attached hydrogen (secondary N) is 1. The fraction of sp³-hybridized carbons (Fsp3) is 0.462. The van der Waals surface area contributed by atoms with Gasteiger partial charge in [0.25, 0.3) is 0 Å². The fourth-order valence-electron chi connectivity index (χ4n) is 5.05. The van der Waals surface area contributed by atoms with Gasteiger partial charge in [-0.15, -0.1) is 0 Å². The Kier molecular flexibility index (Phi) is 7.68. The lowest BCUT2D eigenvalue weighted by molar-refractivity contribution is -0.121. The SMILES string of the molecule is CCC(=O)N1CCc2cc(Br)cc(S(=O)(=O)N3CCC[C@H](C(=O)Nc4c(C)cccc4CC)C3)c21. The van der Waals surface area contributed by atoms with Gasteiger partial charge in [-0.2, -0.15) is 4.31 Å². The summed E-state index contributed by atoms with van der Waals surface area (Å²) in [6.45, 7) is 6.72. The number of para-hydroxylation sites is 1. The average Bonchev–Trinajstić information content (AvgIpc) is 3.27. The Hall–Kier alpha value is -2.23. The van der Waals surface area contributed by atoms with Crippen molar-refractivity contribution in [3.05, 3.63) is 51.5 Å². The summed E-state index contributed by atoms with van der Waals surface area (Å²) in [4.78, 5) is 27.5. The van der Waals surface area contributed by atoms with E-state index in [9.17, 15) is 18.0 Å². The summed E-state index contributed by atoms with van der Waals surface area (Å²) in [6.07, 6.45) is 2.94. The Bertz CT molecular complexity index is 1260. The lowest BCUT2D eigenvalue weighted by Gasteiger charge is -2.32. The van der Waals surface area contributed by atoms with Gasteiger partial charge in [-0.3, -0.25) is 9.59 Å². The van der Waals surface area contributed by atoms with E-state index in [1.54, 1.807) is 17.9 Å². The third-order valence-corrected chi connectivity index (χ3v) is 9.29. The first-order valence-corrected chi connectivity index (χ1v) is 14.4. The molecule has 7 nitrogen and oxygen atoms in total. The van der Waals surface area contributed by atoms with Gasteiger partial charge in [0, 0.05) is 36.2 Å². The molecule has 2 aliphatic rings. The minimum Gasteiger partial charge on any atom is -0.325 e. The van der Waals surface area contributed by atoms with Crippen molar-refractivity contribution in [3.8, 4) is 0 Å². The van der Waals surface area contributed by atoms with Crippen LogP contribution >= 0.6 is 15.9 Å². The molecule has 2 aliphatic heterocycles. The van der Waals surface area contributed by atoms with Crippen LogP contribution in [0.15, 0.2) is 39.7 Å². The number of hydrogen-bond acceptors (Lipinski definition) is 4. The van der Waals surface area contributed by atoms with Crippen molar-refractivity contribution in [1.82, 2.24) is 4.31 Å². The molecule has 9 heteroatoms. The molecule has 0 saturated carbocycles. The molecule has 2 aromatic rings. The molecule has 2 aromatic carbocycles. The van der Waals surface area contributed by atoms with Crippen LogP contribution in [0.3, 0.4) is 0 Å². The van der Waals surface area contributed by atoms with Crippen LogP contribution in [-0.4, -0.2) is 44.2 Å². The highest BCUT2D eigenvalue weighted by Gasteiger charge is 2.38. The number of aryl methyl sites for hydroxylation is 2. The first-order chi connectivity index (χ1) is 16.7. The Balaban J connectivity index is 1.61. The number of hydrogen-bond donors (Lipinski definition) is 1. The van der Waals surface area contributed by atoms with Gasteiger partial charge in [-0.1, -0.05) is 48.0 Å². The second kappa shape index (κ2) is 10.4. The Morgan fingerprint density at radius 2 is 1.94 bits per heavy atom. The quantitative estimate of drug-likeness (QED) is 0.555. The third-order valence-electron chi connectivity index (χ3n) is 6.96. The number of anilines is 2. The smallest absolute Gasteiger partial charge is 0.245 e. The summed E-state index contributed by atoms with van der Waals surface area (Å²) in [7, 11) is -3.92. The zero-order valence-electron chi connectivity index (χ0n) is 20.4. The van der Waals surface area contributed by atoms with Crippen molar-refractivity contribution in [2.45, 2.75) is 57.8 Å². The van der Waals surface area contributed by atoms with Crippen molar-refractivity contribution >= 4 is 49.1 Å². The number of carbonyl (C=O) groups excluding carboxylic acids is 2. The highest BCUT2D eigenvalue weighted by Crippen LogP contribution is 2.40. The Morgan fingerprint density at radius 1 is 1.17 bits per heavy atom. The van der Waals surface area contributed by atoms with Gasteiger partial charge in [0.15, 0.2) is 0 Å². The van der Waals surface area contributed by atoms with Gasteiger partial charge in [0.1, 0.15) is 4.90 Å². The number of sulfonamides is 1. The minimum atomic E-state index is -3.92. The van der Waals surface area contributed by atoms with Crippen LogP contribution in [0, 0.1) is 12.8 Å². The maximum Gasteiger partial charge on any atom is 0.245 e. The van der Waals surface area contributed by atoms with Crippen LogP contribution in [0.1, 0.15) is 49.8 Å². The second-order valence-electron chi connectivity index (χ2n) is 9.21. The van der Waals surface area contributed by atoms with Crippen molar-refractivity contribution in [3.63, 3.8) is 0 Å². The van der Waals surface area contributed by atoms with Crippen LogP contribution < -0.4 is 10.2 Å². The van der Waals surface area contributed by atoms with Crippen LogP contribution in [0.4, 0.5) is 11.4 Å². The highest BCUT2D eigenvalue weighted by molar-refractivity contribution is 9.10. The maximum atomic E-state index is 13.9. The molecule has 0 aromatic heterocycles. The molecule has 188 valence electrons. The van der Waals surface area contributed by atoms with E-state index < -0.39 is 15.9 Å². The number of amides is 2. The van der Waals surface area contributed by atoms with Gasteiger partial charge < -0.3 is 10.2 Å². The zero-order chi connectivity index (χ0) is 25.3. The molecular weight excluding hydrogens is 530 g/mol. The maximum absolute atomic E-state index is 13.9. The number of nitrogens with zero attached hydrogens (tertiary/aromatic N) is 2. The minimum absolute atomic E-state index is 0.0941. The van der Waals surface area contributed by atoms with E-state index in [0.29, 0.717) is 48.9 Å². The molecule has 1 saturated heterocycles.